The number of ether oxygens (including phenoxy) is 1. The standard InChI is InChI=1S/C12H22FNO3/c1-9-5-6-14(7-12(9,13)8-15)10(16)17-11(2,3)4/h9,15H,5-8H2,1-4H3. The summed E-state index contributed by atoms with van der Waals surface area (Å²) in [6.07, 6.45) is 0.0240. The van der Waals surface area contributed by atoms with Crippen molar-refractivity contribution in [2.75, 3.05) is 19.7 Å². The molecule has 1 amide bonds. The van der Waals surface area contributed by atoms with Crippen molar-refractivity contribution in [1.82, 2.24) is 4.90 Å². The van der Waals surface area contributed by atoms with Crippen LogP contribution in [0.25, 0.3) is 0 Å². The molecule has 0 spiro atoms. The van der Waals surface area contributed by atoms with Crippen molar-refractivity contribution >= 4 is 6.09 Å². The number of aliphatic hydroxyl groups excluding tert-OH is 1. The molecule has 4 nitrogen and oxygen atoms in total. The molecule has 0 aliphatic carbocycles. The highest BCUT2D eigenvalue weighted by Gasteiger charge is 2.43. The number of amides is 1. The van der Waals surface area contributed by atoms with Gasteiger partial charge in [0.25, 0.3) is 0 Å². The Balaban J connectivity index is 2.66. The molecular weight excluding hydrogens is 225 g/mol. The maximum atomic E-state index is 14.2. The Hall–Kier alpha value is -0.840. The summed E-state index contributed by atoms with van der Waals surface area (Å²) in [5.41, 5.74) is -2.30. The summed E-state index contributed by atoms with van der Waals surface area (Å²) in [6.45, 7) is 6.88. The average molecular weight is 247 g/mol. The zero-order valence-corrected chi connectivity index (χ0v) is 11.0. The lowest BCUT2D eigenvalue weighted by Gasteiger charge is -2.40. The van der Waals surface area contributed by atoms with Gasteiger partial charge >= 0.3 is 6.09 Å². The van der Waals surface area contributed by atoms with E-state index in [4.69, 9.17) is 9.84 Å². The number of carbonyl (C=O) groups is 1. The highest BCUT2D eigenvalue weighted by atomic mass is 19.1. The number of likely N-dealkylation sites (tertiary alicyclic amines) is 1. The van der Waals surface area contributed by atoms with E-state index in [1.165, 1.54) is 4.90 Å². The van der Waals surface area contributed by atoms with Gasteiger partial charge in [0.1, 0.15) is 5.60 Å². The molecular formula is C12H22FNO3. The minimum atomic E-state index is -1.71. The van der Waals surface area contributed by atoms with E-state index in [1.807, 2.05) is 0 Å². The first-order valence-electron chi connectivity index (χ1n) is 5.96. The van der Waals surface area contributed by atoms with Crippen LogP contribution in [0.2, 0.25) is 0 Å². The fourth-order valence-corrected chi connectivity index (χ4v) is 1.85. The first-order chi connectivity index (χ1) is 7.68. The van der Waals surface area contributed by atoms with E-state index in [1.54, 1.807) is 27.7 Å². The Morgan fingerprint density at radius 3 is 2.65 bits per heavy atom. The topological polar surface area (TPSA) is 49.8 Å². The summed E-state index contributed by atoms with van der Waals surface area (Å²) in [5.74, 6) is -0.244. The lowest BCUT2D eigenvalue weighted by molar-refractivity contribution is -0.0495. The Bertz CT molecular complexity index is 290. The quantitative estimate of drug-likeness (QED) is 0.770. The van der Waals surface area contributed by atoms with E-state index in [2.05, 4.69) is 0 Å². The normalized spacial score (nSPS) is 30.2. The zero-order valence-electron chi connectivity index (χ0n) is 11.0. The second kappa shape index (κ2) is 4.80. The fourth-order valence-electron chi connectivity index (χ4n) is 1.85. The van der Waals surface area contributed by atoms with Crippen molar-refractivity contribution in [3.8, 4) is 0 Å². The molecule has 1 fully saturated rings. The Morgan fingerprint density at radius 1 is 1.59 bits per heavy atom. The van der Waals surface area contributed by atoms with Crippen LogP contribution >= 0.6 is 0 Å². The summed E-state index contributed by atoms with van der Waals surface area (Å²) in [4.78, 5) is 13.1. The summed E-state index contributed by atoms with van der Waals surface area (Å²) in [5, 5.41) is 9.10. The molecule has 0 aromatic heterocycles. The van der Waals surface area contributed by atoms with Crippen LogP contribution < -0.4 is 0 Å². The van der Waals surface area contributed by atoms with Gasteiger partial charge in [-0.2, -0.15) is 0 Å². The third-order valence-corrected chi connectivity index (χ3v) is 3.08. The number of carbonyl (C=O) groups excluding carboxylic acids is 1. The van der Waals surface area contributed by atoms with Gasteiger partial charge in [-0.05, 0) is 33.1 Å². The fraction of sp³-hybridized carbons (Fsp3) is 0.917. The minimum absolute atomic E-state index is 0.0976. The summed E-state index contributed by atoms with van der Waals surface area (Å²) in [7, 11) is 0. The lowest BCUT2D eigenvalue weighted by atomic mass is 9.85. The van der Waals surface area contributed by atoms with Gasteiger partial charge < -0.3 is 14.7 Å². The van der Waals surface area contributed by atoms with Gasteiger partial charge in [0.05, 0.1) is 13.2 Å². The molecule has 0 aromatic carbocycles. The SMILES string of the molecule is CC1CCN(C(=O)OC(C)(C)C)CC1(F)CO. The van der Waals surface area contributed by atoms with Crippen molar-refractivity contribution in [2.24, 2.45) is 5.92 Å². The summed E-state index contributed by atoms with van der Waals surface area (Å²) in [6, 6.07) is 0. The molecule has 1 aliphatic rings. The Morgan fingerprint density at radius 2 is 2.18 bits per heavy atom. The van der Waals surface area contributed by atoms with Crippen LogP contribution in [0.5, 0.6) is 0 Å². The van der Waals surface area contributed by atoms with E-state index in [-0.39, 0.29) is 12.5 Å². The van der Waals surface area contributed by atoms with Crippen LogP contribution in [-0.4, -0.2) is 47.1 Å². The van der Waals surface area contributed by atoms with E-state index in [9.17, 15) is 9.18 Å². The Labute approximate surface area is 102 Å². The summed E-state index contributed by atoms with van der Waals surface area (Å²) >= 11 is 0. The van der Waals surface area contributed by atoms with Crippen LogP contribution in [0.1, 0.15) is 34.1 Å². The second-order valence-electron chi connectivity index (χ2n) is 5.78. The van der Waals surface area contributed by atoms with E-state index < -0.39 is 24.0 Å². The van der Waals surface area contributed by atoms with Crippen molar-refractivity contribution in [3.05, 3.63) is 0 Å². The van der Waals surface area contributed by atoms with Crippen LogP contribution in [-0.2, 0) is 4.74 Å². The highest BCUT2D eigenvalue weighted by molar-refractivity contribution is 5.68. The van der Waals surface area contributed by atoms with Crippen LogP contribution in [0, 0.1) is 5.92 Å². The van der Waals surface area contributed by atoms with Crippen molar-refractivity contribution in [2.45, 2.75) is 45.4 Å². The van der Waals surface area contributed by atoms with Crippen molar-refractivity contribution in [3.63, 3.8) is 0 Å². The first-order valence-corrected chi connectivity index (χ1v) is 5.96. The van der Waals surface area contributed by atoms with E-state index in [0.717, 1.165) is 0 Å². The molecule has 0 bridgehead atoms. The predicted molar refractivity (Wildman–Crippen MR) is 62.5 cm³/mol. The number of hydrogen-bond donors (Lipinski definition) is 1. The number of aliphatic hydroxyl groups is 1. The number of nitrogens with zero attached hydrogens (tertiary/aromatic N) is 1. The molecule has 5 heteroatoms. The molecule has 17 heavy (non-hydrogen) atoms. The van der Waals surface area contributed by atoms with Gasteiger partial charge in [0.15, 0.2) is 5.67 Å². The maximum Gasteiger partial charge on any atom is 0.410 e. The molecule has 1 aliphatic heterocycles. The molecule has 1 N–H and O–H groups in total. The monoisotopic (exact) mass is 247 g/mol. The molecule has 0 aromatic rings. The summed E-state index contributed by atoms with van der Waals surface area (Å²) < 4.78 is 19.4. The van der Waals surface area contributed by atoms with Crippen molar-refractivity contribution < 1.29 is 19.0 Å². The van der Waals surface area contributed by atoms with Crippen molar-refractivity contribution in [1.29, 1.82) is 0 Å². The average Bonchev–Trinajstić information content (AvgIpc) is 2.19. The molecule has 1 saturated heterocycles. The largest absolute Gasteiger partial charge is 0.444 e. The molecule has 0 radical (unpaired) electrons. The van der Waals surface area contributed by atoms with Crippen LogP contribution in [0.3, 0.4) is 0 Å². The molecule has 100 valence electrons. The smallest absolute Gasteiger partial charge is 0.410 e. The lowest BCUT2D eigenvalue weighted by Crippen LogP contribution is -2.54. The van der Waals surface area contributed by atoms with Gasteiger partial charge in [-0.25, -0.2) is 9.18 Å². The third-order valence-electron chi connectivity index (χ3n) is 3.08. The van der Waals surface area contributed by atoms with Gasteiger partial charge in [0, 0.05) is 6.54 Å². The van der Waals surface area contributed by atoms with Crippen LogP contribution in [0.15, 0.2) is 0 Å². The maximum absolute atomic E-state index is 14.2. The molecule has 1 heterocycles. The van der Waals surface area contributed by atoms with Crippen LogP contribution in [0.4, 0.5) is 9.18 Å². The number of piperidine rings is 1. The van der Waals surface area contributed by atoms with E-state index in [0.29, 0.717) is 13.0 Å². The molecule has 2 atom stereocenters. The van der Waals surface area contributed by atoms with E-state index >= 15 is 0 Å². The van der Waals surface area contributed by atoms with Gasteiger partial charge in [-0.3, -0.25) is 0 Å². The molecule has 2 unspecified atom stereocenters. The number of rotatable bonds is 1. The minimum Gasteiger partial charge on any atom is -0.444 e. The van der Waals surface area contributed by atoms with Gasteiger partial charge in [-0.15, -0.1) is 0 Å². The number of alkyl halides is 1. The van der Waals surface area contributed by atoms with Gasteiger partial charge in [0.2, 0.25) is 0 Å². The molecule has 0 saturated carbocycles. The first kappa shape index (κ1) is 14.2. The predicted octanol–water partition coefficient (Wildman–Crippen LogP) is 1.96. The third kappa shape index (κ3) is 3.56. The number of hydrogen-bond acceptors (Lipinski definition) is 3. The Kier molecular flexibility index (Phi) is 4.02. The van der Waals surface area contributed by atoms with Gasteiger partial charge in [-0.1, -0.05) is 6.92 Å². The number of halogens is 1. The second-order valence-corrected chi connectivity index (χ2v) is 5.78. The zero-order chi connectivity index (χ0) is 13.3. The highest BCUT2D eigenvalue weighted by Crippen LogP contribution is 2.31. The molecule has 1 rings (SSSR count).